The molecule has 0 amide bonds. The Bertz CT molecular complexity index is 1020. The maximum absolute atomic E-state index is 12.5. The fraction of sp³-hybridized carbons (Fsp3) is 0.0667. The minimum atomic E-state index is -0.0468. The Labute approximate surface area is 130 Å². The number of aromatic nitrogens is 2. The molecule has 4 nitrogen and oxygen atoms in total. The van der Waals surface area contributed by atoms with Gasteiger partial charge in [0.15, 0.2) is 0 Å². The number of methoxy groups -OCH3 is 1. The van der Waals surface area contributed by atoms with Crippen molar-refractivity contribution >= 4 is 45.9 Å². The first-order valence-corrected chi connectivity index (χ1v) is 8.77. The van der Waals surface area contributed by atoms with Crippen LogP contribution < -0.4 is 10.3 Å². The standard InChI is InChI=1S/C15H10N2O2SSe/c1-19-10-6-4-7-11-13(10)16-15(20-11)17-14(18)9-5-2-3-8-12(9)21-17/h2-8H,1H3. The van der Waals surface area contributed by atoms with Crippen LogP contribution in [0.15, 0.2) is 47.3 Å². The monoisotopic (exact) mass is 362 g/mol. The molecule has 0 fully saturated rings. The molecular weight excluding hydrogens is 351 g/mol. The van der Waals surface area contributed by atoms with E-state index in [1.165, 1.54) is 11.3 Å². The number of fused-ring (bicyclic) bond motifs is 2. The summed E-state index contributed by atoms with van der Waals surface area (Å²) < 4.78 is 9.27. The molecule has 0 saturated carbocycles. The van der Waals surface area contributed by atoms with Gasteiger partial charge in [-0.2, -0.15) is 0 Å². The number of ether oxygens (including phenoxy) is 1. The quantitative estimate of drug-likeness (QED) is 0.516. The molecule has 104 valence electrons. The van der Waals surface area contributed by atoms with Crippen LogP contribution in [-0.4, -0.2) is 30.4 Å². The van der Waals surface area contributed by atoms with Crippen LogP contribution in [-0.2, 0) is 0 Å². The second-order valence-corrected chi connectivity index (χ2v) is 7.57. The third kappa shape index (κ3) is 1.95. The molecule has 0 saturated heterocycles. The number of rotatable bonds is 2. The summed E-state index contributed by atoms with van der Waals surface area (Å²) >= 11 is 1.48. The van der Waals surface area contributed by atoms with E-state index >= 15 is 0 Å². The van der Waals surface area contributed by atoms with Crippen molar-refractivity contribution in [2.24, 2.45) is 0 Å². The van der Waals surface area contributed by atoms with Gasteiger partial charge in [0.1, 0.15) is 0 Å². The van der Waals surface area contributed by atoms with Crippen molar-refractivity contribution in [1.29, 1.82) is 0 Å². The van der Waals surface area contributed by atoms with Gasteiger partial charge in [0.05, 0.1) is 0 Å². The first-order chi connectivity index (χ1) is 10.3. The average Bonchev–Trinajstić information content (AvgIpc) is 3.08. The van der Waals surface area contributed by atoms with E-state index in [0.717, 1.165) is 30.7 Å². The number of hydrogen-bond donors (Lipinski definition) is 0. The molecule has 21 heavy (non-hydrogen) atoms. The number of hydrogen-bond acceptors (Lipinski definition) is 4. The van der Waals surface area contributed by atoms with Crippen molar-refractivity contribution in [2.45, 2.75) is 0 Å². The second kappa shape index (κ2) is 4.84. The molecule has 0 atom stereocenters. The summed E-state index contributed by atoms with van der Waals surface area (Å²) in [5, 5.41) is 1.54. The number of nitrogens with zero attached hydrogens (tertiary/aromatic N) is 2. The molecule has 0 spiro atoms. The first-order valence-electron chi connectivity index (χ1n) is 6.33. The molecular formula is C15H10N2O2SSe. The Morgan fingerprint density at radius 2 is 2.05 bits per heavy atom. The molecule has 2 aromatic heterocycles. The third-order valence-corrected chi connectivity index (χ3v) is 6.78. The van der Waals surface area contributed by atoms with E-state index in [-0.39, 0.29) is 20.3 Å². The van der Waals surface area contributed by atoms with Crippen LogP contribution in [0.3, 0.4) is 0 Å². The van der Waals surface area contributed by atoms with Gasteiger partial charge < -0.3 is 0 Å². The van der Waals surface area contributed by atoms with Gasteiger partial charge in [-0.25, -0.2) is 0 Å². The normalized spacial score (nSPS) is 11.3. The van der Waals surface area contributed by atoms with E-state index in [2.05, 4.69) is 4.98 Å². The van der Waals surface area contributed by atoms with Gasteiger partial charge in [-0.15, -0.1) is 0 Å². The van der Waals surface area contributed by atoms with Gasteiger partial charge in [-0.3, -0.25) is 0 Å². The summed E-state index contributed by atoms with van der Waals surface area (Å²) in [4.78, 5) is 17.1. The predicted molar refractivity (Wildman–Crippen MR) is 86.2 cm³/mol. The first kappa shape index (κ1) is 12.8. The van der Waals surface area contributed by atoms with E-state index in [1.54, 1.807) is 10.7 Å². The average molecular weight is 361 g/mol. The van der Waals surface area contributed by atoms with Gasteiger partial charge in [-0.05, 0) is 0 Å². The molecule has 4 aromatic rings. The maximum atomic E-state index is 12.5. The number of para-hydroxylation sites is 1. The minimum absolute atomic E-state index is 0.0450. The van der Waals surface area contributed by atoms with Gasteiger partial charge in [0, 0.05) is 0 Å². The van der Waals surface area contributed by atoms with Crippen LogP contribution in [0, 0.1) is 0 Å². The van der Waals surface area contributed by atoms with Crippen molar-refractivity contribution in [1.82, 2.24) is 8.55 Å². The Balaban J connectivity index is 2.00. The van der Waals surface area contributed by atoms with E-state index in [9.17, 15) is 4.79 Å². The van der Waals surface area contributed by atoms with Gasteiger partial charge in [-0.1, -0.05) is 0 Å². The van der Waals surface area contributed by atoms with Gasteiger partial charge >= 0.3 is 130 Å². The van der Waals surface area contributed by atoms with E-state index in [1.807, 2.05) is 42.5 Å². The molecule has 4 rings (SSSR count). The zero-order valence-corrected chi connectivity index (χ0v) is 13.6. The van der Waals surface area contributed by atoms with Crippen LogP contribution in [0.1, 0.15) is 0 Å². The molecule has 0 N–H and O–H groups in total. The van der Waals surface area contributed by atoms with Crippen LogP contribution in [0.5, 0.6) is 5.75 Å². The fourth-order valence-electron chi connectivity index (χ4n) is 2.26. The van der Waals surface area contributed by atoms with Crippen molar-refractivity contribution in [2.75, 3.05) is 7.11 Å². The van der Waals surface area contributed by atoms with Crippen LogP contribution >= 0.6 is 11.3 Å². The molecule has 0 aliphatic heterocycles. The molecule has 0 aliphatic rings. The van der Waals surface area contributed by atoms with Crippen molar-refractivity contribution in [3.63, 3.8) is 0 Å². The molecule has 0 unspecified atom stereocenters. The van der Waals surface area contributed by atoms with E-state index in [4.69, 9.17) is 4.74 Å². The molecule has 6 heteroatoms. The number of benzene rings is 2. The van der Waals surface area contributed by atoms with Crippen molar-refractivity contribution in [3.05, 3.63) is 52.8 Å². The van der Waals surface area contributed by atoms with Gasteiger partial charge in [0.2, 0.25) is 0 Å². The topological polar surface area (TPSA) is 44.1 Å². The summed E-state index contributed by atoms with van der Waals surface area (Å²) in [6.07, 6.45) is 0. The number of thiazole rings is 1. The summed E-state index contributed by atoms with van der Waals surface area (Å²) in [5.41, 5.74) is 0.864. The van der Waals surface area contributed by atoms with Crippen LogP contribution in [0.4, 0.5) is 0 Å². The Kier molecular flexibility index (Phi) is 2.96. The summed E-state index contributed by atoms with van der Waals surface area (Å²) in [5.74, 6) is 0.742. The van der Waals surface area contributed by atoms with Crippen LogP contribution in [0.25, 0.3) is 25.0 Å². The third-order valence-electron chi connectivity index (χ3n) is 3.26. The Hall–Kier alpha value is -1.88. The SMILES string of the molecule is COc1cccc2sc(-n3[se]c4ccccc4c3=O)nc12. The van der Waals surface area contributed by atoms with Crippen molar-refractivity contribution in [3.8, 4) is 10.9 Å². The van der Waals surface area contributed by atoms with E-state index < -0.39 is 0 Å². The molecule has 0 bridgehead atoms. The summed E-state index contributed by atoms with van der Waals surface area (Å²) in [7, 11) is 1.63. The van der Waals surface area contributed by atoms with E-state index in [0.29, 0.717) is 0 Å². The summed E-state index contributed by atoms with van der Waals surface area (Å²) in [6, 6.07) is 13.6. The molecule has 2 aromatic carbocycles. The fourth-order valence-corrected chi connectivity index (χ4v) is 5.45. The second-order valence-electron chi connectivity index (χ2n) is 4.49. The molecule has 0 radical (unpaired) electrons. The van der Waals surface area contributed by atoms with Crippen LogP contribution in [0.2, 0.25) is 0 Å². The predicted octanol–water partition coefficient (Wildman–Crippen LogP) is 2.67. The molecule has 0 aliphatic carbocycles. The Morgan fingerprint density at radius 3 is 2.86 bits per heavy atom. The Morgan fingerprint density at radius 1 is 1.19 bits per heavy atom. The zero-order chi connectivity index (χ0) is 14.4. The summed E-state index contributed by atoms with van der Waals surface area (Å²) in [6.45, 7) is 0. The molecule has 2 heterocycles. The van der Waals surface area contributed by atoms with Crippen molar-refractivity contribution < 1.29 is 4.74 Å². The zero-order valence-electron chi connectivity index (χ0n) is 11.1. The van der Waals surface area contributed by atoms with Gasteiger partial charge in [0.25, 0.3) is 0 Å².